The Morgan fingerprint density at radius 3 is 2.88 bits per heavy atom. The summed E-state index contributed by atoms with van der Waals surface area (Å²) in [6, 6.07) is 7.95. The summed E-state index contributed by atoms with van der Waals surface area (Å²) in [5.41, 5.74) is 1.96. The molecule has 2 rings (SSSR count). The largest absolute Gasteiger partial charge is 0.357 e. The van der Waals surface area contributed by atoms with Gasteiger partial charge in [0.2, 0.25) is 0 Å². The summed E-state index contributed by atoms with van der Waals surface area (Å²) in [7, 11) is 0. The van der Waals surface area contributed by atoms with E-state index >= 15 is 0 Å². The summed E-state index contributed by atoms with van der Waals surface area (Å²) in [4.78, 5) is 8.94. The quantitative estimate of drug-likeness (QED) is 0.292. The van der Waals surface area contributed by atoms with Gasteiger partial charge in [-0.15, -0.1) is 30.4 Å². The second-order valence-corrected chi connectivity index (χ2v) is 5.22. The Labute approximate surface area is 165 Å². The van der Waals surface area contributed by atoms with Crippen molar-refractivity contribution in [3.8, 4) is 23.8 Å². The molecular weight excluding hydrogens is 429 g/mol. The van der Waals surface area contributed by atoms with E-state index < -0.39 is 0 Å². The molecule has 0 radical (unpaired) electrons. The highest BCUT2D eigenvalue weighted by atomic mass is 127. The van der Waals surface area contributed by atoms with E-state index in [1.54, 1.807) is 0 Å². The zero-order chi connectivity index (χ0) is 17.2. The Kier molecular flexibility index (Phi) is 9.62. The number of aromatic nitrogens is 2. The second kappa shape index (κ2) is 11.5. The van der Waals surface area contributed by atoms with Crippen LogP contribution < -0.4 is 10.6 Å². The van der Waals surface area contributed by atoms with Crippen molar-refractivity contribution in [2.45, 2.75) is 33.2 Å². The topological polar surface area (TPSA) is 75.3 Å². The van der Waals surface area contributed by atoms with Crippen LogP contribution in [0.3, 0.4) is 0 Å². The molecule has 0 amide bonds. The lowest BCUT2D eigenvalue weighted by atomic mass is 10.1. The first-order valence-electron chi connectivity index (χ1n) is 8.14. The van der Waals surface area contributed by atoms with Gasteiger partial charge in [-0.05, 0) is 31.0 Å². The normalized spacial score (nSPS) is 10.7. The molecule has 0 spiro atoms. The molecule has 0 aliphatic carbocycles. The van der Waals surface area contributed by atoms with Crippen LogP contribution in [0.5, 0.6) is 0 Å². The lowest BCUT2D eigenvalue weighted by Crippen LogP contribution is -2.37. The number of nitrogens with zero attached hydrogens (tertiary/aromatic N) is 3. The fourth-order valence-electron chi connectivity index (χ4n) is 2.15. The van der Waals surface area contributed by atoms with Crippen LogP contribution in [0.1, 0.15) is 31.7 Å². The van der Waals surface area contributed by atoms with Gasteiger partial charge in [-0.2, -0.15) is 4.98 Å². The van der Waals surface area contributed by atoms with Crippen molar-refractivity contribution in [1.29, 1.82) is 0 Å². The van der Waals surface area contributed by atoms with Gasteiger partial charge in [-0.1, -0.05) is 30.1 Å². The second-order valence-electron chi connectivity index (χ2n) is 5.22. The summed E-state index contributed by atoms with van der Waals surface area (Å²) in [6.07, 6.45) is 7.08. The molecule has 0 fully saturated rings. The van der Waals surface area contributed by atoms with Gasteiger partial charge < -0.3 is 15.2 Å². The number of guanidine groups is 1. The number of nitrogens with one attached hydrogen (secondary N) is 2. The van der Waals surface area contributed by atoms with Crippen molar-refractivity contribution >= 4 is 29.9 Å². The zero-order valence-corrected chi connectivity index (χ0v) is 16.9. The minimum Gasteiger partial charge on any atom is -0.357 e. The number of hydrogen-bond donors (Lipinski definition) is 2. The average molecular weight is 453 g/mol. The third-order valence-corrected chi connectivity index (χ3v) is 3.24. The first kappa shape index (κ1) is 21.0. The number of terminal acetylenes is 1. The van der Waals surface area contributed by atoms with Crippen LogP contribution >= 0.6 is 24.0 Å². The van der Waals surface area contributed by atoms with E-state index in [4.69, 9.17) is 10.9 Å². The third kappa shape index (κ3) is 6.74. The Morgan fingerprint density at radius 2 is 2.16 bits per heavy atom. The molecule has 2 aromatic rings. The highest BCUT2D eigenvalue weighted by molar-refractivity contribution is 14.0. The Bertz CT molecular complexity index is 720. The number of hydrogen-bond acceptors (Lipinski definition) is 4. The highest BCUT2D eigenvalue weighted by Crippen LogP contribution is 2.19. The number of rotatable bonds is 7. The summed E-state index contributed by atoms with van der Waals surface area (Å²) < 4.78 is 5.33. The van der Waals surface area contributed by atoms with Crippen LogP contribution in [0.15, 0.2) is 33.8 Å². The average Bonchev–Trinajstić information content (AvgIpc) is 3.07. The van der Waals surface area contributed by atoms with E-state index in [0.717, 1.165) is 36.3 Å². The number of aryl methyl sites for hydroxylation is 1. The lowest BCUT2D eigenvalue weighted by molar-refractivity contribution is 0.422. The molecule has 1 heterocycles. The molecule has 0 atom stereocenters. The van der Waals surface area contributed by atoms with Gasteiger partial charge in [-0.25, -0.2) is 4.99 Å². The molecule has 1 aromatic carbocycles. The van der Waals surface area contributed by atoms with E-state index in [1.165, 1.54) is 0 Å². The van der Waals surface area contributed by atoms with Gasteiger partial charge in [0.15, 0.2) is 11.8 Å². The van der Waals surface area contributed by atoms with Crippen LogP contribution in [0.4, 0.5) is 0 Å². The number of benzene rings is 1. The summed E-state index contributed by atoms with van der Waals surface area (Å²) >= 11 is 0. The van der Waals surface area contributed by atoms with Crippen LogP contribution in [0.2, 0.25) is 0 Å². The van der Waals surface area contributed by atoms with E-state index in [-0.39, 0.29) is 24.0 Å². The third-order valence-electron chi connectivity index (χ3n) is 3.24. The maximum atomic E-state index is 5.33. The molecule has 0 saturated heterocycles. The molecule has 25 heavy (non-hydrogen) atoms. The van der Waals surface area contributed by atoms with Crippen molar-refractivity contribution < 1.29 is 4.52 Å². The lowest BCUT2D eigenvalue weighted by Gasteiger charge is -2.08. The molecule has 134 valence electrons. The van der Waals surface area contributed by atoms with Crippen molar-refractivity contribution in [1.82, 2.24) is 20.8 Å². The van der Waals surface area contributed by atoms with Crippen molar-refractivity contribution in [3.05, 3.63) is 35.7 Å². The Balaban J connectivity index is 0.00000312. The predicted molar refractivity (Wildman–Crippen MR) is 111 cm³/mol. The van der Waals surface area contributed by atoms with Crippen LogP contribution in [-0.2, 0) is 13.0 Å². The van der Waals surface area contributed by atoms with Crippen molar-refractivity contribution in [2.24, 2.45) is 4.99 Å². The van der Waals surface area contributed by atoms with Gasteiger partial charge in [0.1, 0.15) is 0 Å². The Hall–Kier alpha value is -2.08. The molecular formula is C18H24IN5O. The monoisotopic (exact) mass is 453 g/mol. The molecule has 0 aliphatic heterocycles. The van der Waals surface area contributed by atoms with Gasteiger partial charge in [0.25, 0.3) is 5.89 Å². The standard InChI is InChI=1S/C18H23N5O.HI/c1-4-8-16-22-17(24-23-16)15-10-7-9-14(12-15)13-21-18(19-6-3)20-11-5-2;/h2,7,9-10,12H,4,6,8,11,13H2,1,3H3,(H2,19,20,21);1H. The zero-order valence-electron chi connectivity index (χ0n) is 14.6. The fraction of sp³-hybridized carbons (Fsp3) is 0.389. The first-order valence-corrected chi connectivity index (χ1v) is 8.14. The van der Waals surface area contributed by atoms with Crippen LogP contribution in [-0.4, -0.2) is 29.2 Å². The summed E-state index contributed by atoms with van der Waals surface area (Å²) in [5, 5.41) is 10.2. The van der Waals surface area contributed by atoms with E-state index in [0.29, 0.717) is 24.9 Å². The highest BCUT2D eigenvalue weighted by Gasteiger charge is 2.08. The number of aliphatic imine (C=N–C) groups is 1. The van der Waals surface area contributed by atoms with E-state index in [2.05, 4.69) is 38.6 Å². The molecule has 1 aromatic heterocycles. The van der Waals surface area contributed by atoms with Gasteiger partial charge in [0.05, 0.1) is 13.1 Å². The van der Waals surface area contributed by atoms with E-state index in [9.17, 15) is 0 Å². The van der Waals surface area contributed by atoms with Crippen LogP contribution in [0.25, 0.3) is 11.5 Å². The first-order chi connectivity index (χ1) is 11.8. The number of halogens is 1. The molecule has 0 aliphatic rings. The van der Waals surface area contributed by atoms with Gasteiger partial charge in [0, 0.05) is 18.5 Å². The minimum atomic E-state index is 0. The molecule has 0 unspecified atom stereocenters. The maximum absolute atomic E-state index is 5.33. The molecule has 6 nitrogen and oxygen atoms in total. The van der Waals surface area contributed by atoms with Crippen LogP contribution in [0, 0.1) is 12.3 Å². The fourth-order valence-corrected chi connectivity index (χ4v) is 2.15. The molecule has 0 bridgehead atoms. The SMILES string of the molecule is C#CCNC(=NCc1cccc(-c2nc(CCC)no2)c1)NCC.I. The smallest absolute Gasteiger partial charge is 0.257 e. The minimum absolute atomic E-state index is 0. The Morgan fingerprint density at radius 1 is 1.32 bits per heavy atom. The van der Waals surface area contributed by atoms with E-state index in [1.807, 2.05) is 31.2 Å². The van der Waals surface area contributed by atoms with Gasteiger partial charge >= 0.3 is 0 Å². The van der Waals surface area contributed by atoms with Crippen molar-refractivity contribution in [3.63, 3.8) is 0 Å². The summed E-state index contributed by atoms with van der Waals surface area (Å²) in [5.74, 6) is 4.52. The predicted octanol–water partition coefficient (Wildman–Crippen LogP) is 3.00. The van der Waals surface area contributed by atoms with Gasteiger partial charge in [-0.3, -0.25) is 0 Å². The molecule has 0 saturated carbocycles. The molecule has 7 heteroatoms. The molecule has 2 N–H and O–H groups in total. The maximum Gasteiger partial charge on any atom is 0.257 e. The summed E-state index contributed by atoms with van der Waals surface area (Å²) in [6.45, 7) is 5.85. The van der Waals surface area contributed by atoms with Crippen molar-refractivity contribution in [2.75, 3.05) is 13.1 Å².